The van der Waals surface area contributed by atoms with E-state index in [-0.39, 0.29) is 60.4 Å². The van der Waals surface area contributed by atoms with Crippen LogP contribution in [0.2, 0.25) is 0 Å². The zero-order chi connectivity index (χ0) is 47.3. The van der Waals surface area contributed by atoms with Crippen molar-refractivity contribution in [1.29, 1.82) is 0 Å². The van der Waals surface area contributed by atoms with Gasteiger partial charge in [0.15, 0.2) is 11.6 Å². The van der Waals surface area contributed by atoms with Crippen molar-refractivity contribution in [2.75, 3.05) is 13.7 Å². The molecular formula is C55H80N4O6. The molecule has 10 heteroatoms. The molecule has 5 heterocycles. The topological polar surface area (TPSA) is 142 Å². The number of carbonyl (C=O) groups excluding carboxylic acids is 4. The zero-order valence-corrected chi connectivity index (χ0v) is 41.8. The van der Waals surface area contributed by atoms with Gasteiger partial charge in [0.05, 0.1) is 18.2 Å². The quantitative estimate of drug-likeness (QED) is 0.0446. The first kappa shape index (κ1) is 49.8. The highest BCUT2D eigenvalue weighted by Gasteiger charge is 2.49. The van der Waals surface area contributed by atoms with Crippen molar-refractivity contribution in [2.24, 2.45) is 41.4 Å². The number of esters is 2. The molecule has 10 nitrogen and oxygen atoms in total. The highest BCUT2D eigenvalue weighted by Crippen LogP contribution is 2.48. The van der Waals surface area contributed by atoms with Crippen molar-refractivity contribution in [3.05, 3.63) is 73.0 Å². The van der Waals surface area contributed by atoms with Crippen LogP contribution in [0.5, 0.6) is 0 Å². The normalized spacial score (nSPS) is 25.7. The van der Waals surface area contributed by atoms with Crippen LogP contribution in [0.3, 0.4) is 0 Å². The van der Waals surface area contributed by atoms with E-state index >= 15 is 0 Å². The lowest BCUT2D eigenvalue weighted by molar-refractivity contribution is -0.143. The van der Waals surface area contributed by atoms with Crippen molar-refractivity contribution in [3.63, 3.8) is 0 Å². The Morgan fingerprint density at radius 2 is 1.54 bits per heavy atom. The number of ketones is 2. The number of rotatable bonds is 20. The Bertz CT molecular complexity index is 2320. The number of ether oxygens (including phenoxy) is 2. The predicted octanol–water partition coefficient (Wildman–Crippen LogP) is 9.88. The van der Waals surface area contributed by atoms with E-state index in [1.807, 2.05) is 19.9 Å². The smallest absolute Gasteiger partial charge is 0.321 e. The summed E-state index contributed by atoms with van der Waals surface area (Å²) in [5, 5.41) is 9.15. The molecule has 4 N–H and O–H groups in total. The summed E-state index contributed by atoms with van der Waals surface area (Å²) in [4.78, 5) is 62.1. The van der Waals surface area contributed by atoms with Gasteiger partial charge in [-0.2, -0.15) is 0 Å². The molecule has 0 aromatic carbocycles. The number of fused-ring (bicyclic) bond motifs is 7. The van der Waals surface area contributed by atoms with Gasteiger partial charge in [-0.25, -0.2) is 0 Å². The second kappa shape index (κ2) is 21.8. The fourth-order valence-electron chi connectivity index (χ4n) is 11.4. The van der Waals surface area contributed by atoms with Crippen LogP contribution in [0.4, 0.5) is 0 Å². The highest BCUT2D eigenvalue weighted by atomic mass is 16.5. The average Bonchev–Trinajstić information content (AvgIpc) is 4.00. The molecule has 65 heavy (non-hydrogen) atoms. The summed E-state index contributed by atoms with van der Waals surface area (Å²) in [6.07, 6.45) is 19.7. The van der Waals surface area contributed by atoms with E-state index < -0.39 is 11.9 Å². The van der Waals surface area contributed by atoms with Crippen molar-refractivity contribution in [1.82, 2.24) is 20.6 Å². The molecule has 1 fully saturated rings. The summed E-state index contributed by atoms with van der Waals surface area (Å²) in [5.74, 6) is -0.0119. The second-order valence-corrected chi connectivity index (χ2v) is 20.8. The third kappa shape index (κ3) is 11.2. The number of hydrogen-bond acceptors (Lipinski definition) is 8. The monoisotopic (exact) mass is 893 g/mol. The lowest BCUT2D eigenvalue weighted by Crippen LogP contribution is -2.32. The van der Waals surface area contributed by atoms with E-state index in [1.54, 1.807) is 6.92 Å². The first-order chi connectivity index (χ1) is 30.9. The van der Waals surface area contributed by atoms with Crippen LogP contribution in [-0.4, -0.2) is 59.3 Å². The molecule has 2 aromatic heterocycles. The van der Waals surface area contributed by atoms with E-state index in [9.17, 15) is 19.2 Å². The standard InChI is InChI=1S/C55H80N4O6/c1-13-39-34(7)41-29-46-48(38(11)60)36(9)43(57-46)27-42-35(8)40(52(58-42)50-51(55(63)64-12)54(62)49-37(10)44(59-53(49)50)28-45(39)56-41)23-24-47(61)65-26-25-33(6)22-16-21-32(5)20-15-19-31(4)18-14-17-30(2)3/h25,27,29-32,35,39-40,42,45,51,56-59H,13-24,26,28H2,1-12H3/b33-25+,43-27-,46-29-,52-50-/t31-,32-,35+,39-,40+,42?,45?,51-/m1/s1. The van der Waals surface area contributed by atoms with E-state index in [0.717, 1.165) is 70.0 Å². The summed E-state index contributed by atoms with van der Waals surface area (Å²) in [6, 6.07) is -0.199. The van der Waals surface area contributed by atoms with Crippen LogP contribution >= 0.6 is 0 Å². The second-order valence-electron chi connectivity index (χ2n) is 20.8. The summed E-state index contributed by atoms with van der Waals surface area (Å²) < 4.78 is 11.1. The van der Waals surface area contributed by atoms with Gasteiger partial charge >= 0.3 is 11.9 Å². The fourth-order valence-corrected chi connectivity index (χ4v) is 11.4. The van der Waals surface area contributed by atoms with Gasteiger partial charge < -0.3 is 30.1 Å². The molecule has 1 saturated heterocycles. The lowest BCUT2D eigenvalue weighted by atomic mass is 9.83. The van der Waals surface area contributed by atoms with Crippen LogP contribution in [0, 0.1) is 55.3 Å². The molecule has 1 aliphatic carbocycles. The summed E-state index contributed by atoms with van der Waals surface area (Å²) >= 11 is 0. The first-order valence-corrected chi connectivity index (χ1v) is 25.0. The SMILES string of the molecule is CC[C@@H]1C(C)=C2/C=c3\[nH]/c(c(C)c3C(C)=O)=C\C3N/C(=C4\c5[nH]c(c(C)c5C(=O)[C@@H]4C(=O)OC)CC1N2)[C@@H](CCC(=O)OC/C=C(\C)CCC[C@H](C)CCC[C@H](C)CCCC(C)C)[C@@H]3C. The minimum absolute atomic E-state index is 0.0144. The minimum Gasteiger partial charge on any atom is -0.468 e. The molecule has 8 bridgehead atoms. The van der Waals surface area contributed by atoms with Gasteiger partial charge in [0.2, 0.25) is 0 Å². The number of Topliss-reactive ketones (excluding diaryl/α,β-unsaturated/α-hetero) is 2. The van der Waals surface area contributed by atoms with Crippen LogP contribution in [0.25, 0.3) is 17.7 Å². The molecule has 0 radical (unpaired) electrons. The van der Waals surface area contributed by atoms with E-state index in [4.69, 9.17) is 9.47 Å². The Morgan fingerprint density at radius 1 is 0.862 bits per heavy atom. The summed E-state index contributed by atoms with van der Waals surface area (Å²) in [7, 11) is 1.32. The first-order valence-electron chi connectivity index (χ1n) is 25.0. The van der Waals surface area contributed by atoms with Crippen LogP contribution < -0.4 is 21.3 Å². The fraction of sp³-hybridized carbons (Fsp3) is 0.636. The highest BCUT2D eigenvalue weighted by molar-refractivity contribution is 6.24. The Kier molecular flexibility index (Phi) is 16.7. The van der Waals surface area contributed by atoms with Crippen molar-refractivity contribution in [2.45, 2.75) is 172 Å². The number of methoxy groups -OCH3 is 1. The van der Waals surface area contributed by atoms with E-state index in [0.29, 0.717) is 41.2 Å². The summed E-state index contributed by atoms with van der Waals surface area (Å²) in [6.45, 7) is 23.8. The van der Waals surface area contributed by atoms with E-state index in [2.05, 4.69) is 88.1 Å². The summed E-state index contributed by atoms with van der Waals surface area (Å²) in [5.41, 5.74) is 9.34. The number of carbonyl (C=O) groups is 4. The zero-order valence-electron chi connectivity index (χ0n) is 41.8. The van der Waals surface area contributed by atoms with Crippen molar-refractivity contribution >= 4 is 41.2 Å². The molecule has 2 aromatic rings. The number of aromatic nitrogens is 2. The Hall–Kier alpha value is -4.60. The molecule has 356 valence electrons. The third-order valence-electron chi connectivity index (χ3n) is 15.5. The van der Waals surface area contributed by atoms with Crippen LogP contribution in [-0.2, 0) is 25.5 Å². The van der Waals surface area contributed by atoms with Gasteiger partial charge in [0.25, 0.3) is 0 Å². The molecule has 6 rings (SSSR count). The van der Waals surface area contributed by atoms with Gasteiger partial charge in [0, 0.05) is 75.9 Å². The van der Waals surface area contributed by atoms with Gasteiger partial charge in [-0.15, -0.1) is 0 Å². The Morgan fingerprint density at radius 3 is 2.18 bits per heavy atom. The van der Waals surface area contributed by atoms with Gasteiger partial charge in [-0.05, 0) is 119 Å². The molecule has 0 spiro atoms. The van der Waals surface area contributed by atoms with Gasteiger partial charge in [-0.3, -0.25) is 19.2 Å². The van der Waals surface area contributed by atoms with E-state index in [1.165, 1.54) is 63.2 Å². The molecule has 0 saturated carbocycles. The predicted molar refractivity (Wildman–Crippen MR) is 261 cm³/mol. The Labute approximate surface area is 389 Å². The number of nitrogens with one attached hydrogen (secondary N) is 4. The lowest BCUT2D eigenvalue weighted by Gasteiger charge is -2.21. The Balaban J connectivity index is 1.21. The van der Waals surface area contributed by atoms with Gasteiger partial charge in [-0.1, -0.05) is 92.1 Å². The molecule has 4 aliphatic rings. The maximum absolute atomic E-state index is 14.5. The molecule has 2 unspecified atom stereocenters. The number of hydrogen-bond donors (Lipinski definition) is 4. The number of H-pyrrole nitrogens is 2. The van der Waals surface area contributed by atoms with Crippen LogP contribution in [0.15, 0.2) is 28.6 Å². The molecule has 0 amide bonds. The minimum atomic E-state index is -1.14. The number of aromatic amines is 2. The third-order valence-corrected chi connectivity index (χ3v) is 15.5. The van der Waals surface area contributed by atoms with Crippen molar-refractivity contribution < 1.29 is 28.7 Å². The average molecular weight is 893 g/mol. The largest absolute Gasteiger partial charge is 0.468 e. The maximum atomic E-state index is 14.5. The molecule has 3 aliphatic heterocycles. The van der Waals surface area contributed by atoms with Gasteiger partial charge in [0.1, 0.15) is 12.5 Å². The van der Waals surface area contributed by atoms with Crippen LogP contribution in [0.1, 0.15) is 183 Å². The number of allylic oxidation sites excluding steroid dienone is 3. The van der Waals surface area contributed by atoms with Crippen molar-refractivity contribution in [3.8, 4) is 0 Å². The molecule has 8 atom stereocenters. The molecular weight excluding hydrogens is 813 g/mol. The maximum Gasteiger partial charge on any atom is 0.321 e.